The average molecular weight is 428 g/mol. The number of pyridine rings is 2. The minimum atomic E-state index is -0.131. The van der Waals surface area contributed by atoms with Gasteiger partial charge in [-0.1, -0.05) is 29.5 Å². The second kappa shape index (κ2) is 7.59. The lowest BCUT2D eigenvalue weighted by Crippen LogP contribution is -2.31. The monoisotopic (exact) mass is 427 g/mol. The third kappa shape index (κ3) is 3.47. The SMILES string of the molecule is Cc1cc(C)c2nc(N(Cc3cccnc3)C(=O)c3c(C)nc4ccccn34)sc2c1. The molecule has 0 aliphatic carbocycles. The molecular formula is C24H21N5OS. The van der Waals surface area contributed by atoms with Crippen molar-refractivity contribution in [2.45, 2.75) is 27.3 Å². The van der Waals surface area contributed by atoms with Crippen LogP contribution in [0.1, 0.15) is 32.9 Å². The molecule has 7 heteroatoms. The lowest BCUT2D eigenvalue weighted by molar-refractivity contribution is 0.0979. The van der Waals surface area contributed by atoms with Crippen molar-refractivity contribution in [2.24, 2.45) is 0 Å². The molecule has 5 aromatic rings. The zero-order valence-electron chi connectivity index (χ0n) is 17.5. The van der Waals surface area contributed by atoms with Crippen LogP contribution in [0.4, 0.5) is 5.13 Å². The van der Waals surface area contributed by atoms with Crippen LogP contribution in [0.3, 0.4) is 0 Å². The zero-order valence-corrected chi connectivity index (χ0v) is 18.3. The van der Waals surface area contributed by atoms with Gasteiger partial charge in [-0.05, 0) is 61.7 Å². The fourth-order valence-corrected chi connectivity index (χ4v) is 5.01. The Morgan fingerprint density at radius 2 is 1.97 bits per heavy atom. The number of imidazole rings is 1. The first-order valence-electron chi connectivity index (χ1n) is 10.0. The number of amides is 1. The molecule has 5 rings (SSSR count). The number of benzene rings is 1. The maximum atomic E-state index is 13.9. The third-order valence-corrected chi connectivity index (χ3v) is 6.29. The van der Waals surface area contributed by atoms with Gasteiger partial charge in [0, 0.05) is 18.6 Å². The van der Waals surface area contributed by atoms with Gasteiger partial charge in [0.2, 0.25) is 0 Å². The first kappa shape index (κ1) is 19.4. The number of thiazole rings is 1. The van der Waals surface area contributed by atoms with E-state index in [9.17, 15) is 4.79 Å². The number of anilines is 1. The molecule has 4 heterocycles. The predicted octanol–water partition coefficient (Wildman–Crippen LogP) is 5.11. The fourth-order valence-electron chi connectivity index (χ4n) is 3.87. The molecule has 31 heavy (non-hydrogen) atoms. The molecular weight excluding hydrogens is 406 g/mol. The number of carbonyl (C=O) groups excluding carboxylic acids is 1. The molecule has 0 saturated heterocycles. The number of fused-ring (bicyclic) bond motifs is 2. The number of rotatable bonds is 4. The van der Waals surface area contributed by atoms with Gasteiger partial charge in [0.25, 0.3) is 5.91 Å². The van der Waals surface area contributed by atoms with Gasteiger partial charge in [-0.2, -0.15) is 0 Å². The van der Waals surface area contributed by atoms with E-state index in [1.165, 1.54) is 16.9 Å². The van der Waals surface area contributed by atoms with Gasteiger partial charge in [0.05, 0.1) is 22.5 Å². The van der Waals surface area contributed by atoms with Crippen LogP contribution in [0.5, 0.6) is 0 Å². The summed E-state index contributed by atoms with van der Waals surface area (Å²) in [6, 6.07) is 13.8. The van der Waals surface area contributed by atoms with Gasteiger partial charge in [0.15, 0.2) is 5.13 Å². The molecule has 0 N–H and O–H groups in total. The molecule has 0 spiro atoms. The highest BCUT2D eigenvalue weighted by Gasteiger charge is 2.26. The van der Waals surface area contributed by atoms with Crippen molar-refractivity contribution in [1.82, 2.24) is 19.4 Å². The Kier molecular flexibility index (Phi) is 4.75. The van der Waals surface area contributed by atoms with Crippen LogP contribution in [0.15, 0.2) is 61.1 Å². The highest BCUT2D eigenvalue weighted by molar-refractivity contribution is 7.22. The summed E-state index contributed by atoms with van der Waals surface area (Å²) >= 11 is 1.53. The molecule has 0 bridgehead atoms. The van der Waals surface area contributed by atoms with Gasteiger partial charge in [-0.25, -0.2) is 9.97 Å². The number of hydrogen-bond donors (Lipinski definition) is 0. The fraction of sp³-hybridized carbons (Fsp3) is 0.167. The van der Waals surface area contributed by atoms with E-state index >= 15 is 0 Å². The Labute approximate surface area is 183 Å². The quantitative estimate of drug-likeness (QED) is 0.400. The van der Waals surface area contributed by atoms with Crippen molar-refractivity contribution < 1.29 is 4.79 Å². The second-order valence-corrected chi connectivity index (χ2v) is 8.66. The van der Waals surface area contributed by atoms with Gasteiger partial charge in [-0.3, -0.25) is 19.1 Å². The van der Waals surface area contributed by atoms with E-state index in [2.05, 4.69) is 35.9 Å². The minimum absolute atomic E-state index is 0.131. The van der Waals surface area contributed by atoms with Crippen LogP contribution < -0.4 is 4.90 Å². The van der Waals surface area contributed by atoms with E-state index in [0.29, 0.717) is 23.1 Å². The highest BCUT2D eigenvalue weighted by atomic mass is 32.1. The average Bonchev–Trinajstić information content (AvgIpc) is 3.32. The van der Waals surface area contributed by atoms with Gasteiger partial charge < -0.3 is 0 Å². The van der Waals surface area contributed by atoms with E-state index in [1.807, 2.05) is 47.9 Å². The molecule has 0 unspecified atom stereocenters. The molecule has 1 aromatic carbocycles. The molecule has 0 aliphatic heterocycles. The molecule has 0 atom stereocenters. The lowest BCUT2D eigenvalue weighted by Gasteiger charge is -2.20. The van der Waals surface area contributed by atoms with Crippen molar-refractivity contribution >= 4 is 38.2 Å². The maximum Gasteiger partial charge on any atom is 0.279 e. The molecule has 154 valence electrons. The van der Waals surface area contributed by atoms with E-state index in [-0.39, 0.29) is 5.91 Å². The van der Waals surface area contributed by atoms with Crippen molar-refractivity contribution in [3.8, 4) is 0 Å². The van der Waals surface area contributed by atoms with E-state index < -0.39 is 0 Å². The second-order valence-electron chi connectivity index (χ2n) is 7.65. The lowest BCUT2D eigenvalue weighted by atomic mass is 10.1. The summed E-state index contributed by atoms with van der Waals surface area (Å²) < 4.78 is 2.92. The number of hydrogen-bond acceptors (Lipinski definition) is 5. The highest BCUT2D eigenvalue weighted by Crippen LogP contribution is 2.33. The van der Waals surface area contributed by atoms with Crippen LogP contribution in [-0.2, 0) is 6.54 Å². The van der Waals surface area contributed by atoms with E-state index in [4.69, 9.17) is 4.98 Å². The van der Waals surface area contributed by atoms with E-state index in [0.717, 1.165) is 27.0 Å². The van der Waals surface area contributed by atoms with Gasteiger partial charge >= 0.3 is 0 Å². The van der Waals surface area contributed by atoms with Crippen molar-refractivity contribution in [3.05, 3.63) is 89.1 Å². The Balaban J connectivity index is 1.66. The van der Waals surface area contributed by atoms with Crippen LogP contribution in [-0.4, -0.2) is 25.3 Å². The number of carbonyl (C=O) groups is 1. The summed E-state index contributed by atoms with van der Waals surface area (Å²) in [5.41, 5.74) is 6.16. The molecule has 0 aliphatic rings. The van der Waals surface area contributed by atoms with Crippen LogP contribution in [0.2, 0.25) is 0 Å². The van der Waals surface area contributed by atoms with Crippen molar-refractivity contribution in [2.75, 3.05) is 4.90 Å². The smallest absolute Gasteiger partial charge is 0.279 e. The summed E-state index contributed by atoms with van der Waals surface area (Å²) in [5.74, 6) is -0.131. The van der Waals surface area contributed by atoms with Crippen LogP contribution >= 0.6 is 11.3 Å². The summed E-state index contributed by atoms with van der Waals surface area (Å²) in [6.07, 6.45) is 5.38. The molecule has 6 nitrogen and oxygen atoms in total. The predicted molar refractivity (Wildman–Crippen MR) is 124 cm³/mol. The Hall–Kier alpha value is -3.58. The van der Waals surface area contributed by atoms with E-state index in [1.54, 1.807) is 17.3 Å². The summed E-state index contributed by atoms with van der Waals surface area (Å²) in [5, 5.41) is 0.669. The van der Waals surface area contributed by atoms with Crippen LogP contribution in [0.25, 0.3) is 15.9 Å². The summed E-state index contributed by atoms with van der Waals surface area (Å²) in [7, 11) is 0. The first-order chi connectivity index (χ1) is 15.0. The largest absolute Gasteiger partial charge is 0.295 e. The summed E-state index contributed by atoms with van der Waals surface area (Å²) in [6.45, 7) is 6.38. The number of nitrogens with zero attached hydrogens (tertiary/aromatic N) is 5. The molecule has 0 radical (unpaired) electrons. The Morgan fingerprint density at radius 1 is 1.10 bits per heavy atom. The third-order valence-electron chi connectivity index (χ3n) is 5.26. The van der Waals surface area contributed by atoms with Gasteiger partial charge in [0.1, 0.15) is 11.3 Å². The zero-order chi connectivity index (χ0) is 21.5. The van der Waals surface area contributed by atoms with Crippen molar-refractivity contribution in [1.29, 1.82) is 0 Å². The standard InChI is InChI=1S/C24H21N5OS/c1-15-11-16(2)21-19(12-15)31-24(27-21)29(14-18-7-6-9-25-13-18)23(30)22-17(3)26-20-8-4-5-10-28(20)22/h4-13H,14H2,1-3H3. The maximum absolute atomic E-state index is 13.9. The molecule has 0 fully saturated rings. The minimum Gasteiger partial charge on any atom is -0.295 e. The van der Waals surface area contributed by atoms with Crippen molar-refractivity contribution in [3.63, 3.8) is 0 Å². The first-order valence-corrected chi connectivity index (χ1v) is 10.8. The Morgan fingerprint density at radius 3 is 2.77 bits per heavy atom. The number of aryl methyl sites for hydroxylation is 3. The summed E-state index contributed by atoms with van der Waals surface area (Å²) in [4.78, 5) is 29.3. The molecule has 1 amide bonds. The van der Waals surface area contributed by atoms with Crippen LogP contribution in [0, 0.1) is 20.8 Å². The van der Waals surface area contributed by atoms with Gasteiger partial charge in [-0.15, -0.1) is 0 Å². The normalized spacial score (nSPS) is 11.3. The Bertz CT molecular complexity index is 1420. The molecule has 4 aromatic heterocycles. The molecule has 0 saturated carbocycles. The topological polar surface area (TPSA) is 63.4 Å². The number of aromatic nitrogens is 4.